The maximum atomic E-state index is 13.2. The molecule has 7 heteroatoms. The first-order valence-corrected chi connectivity index (χ1v) is 12.0. The molecule has 1 fully saturated rings. The van der Waals surface area contributed by atoms with Gasteiger partial charge in [0.2, 0.25) is 11.8 Å². The van der Waals surface area contributed by atoms with Gasteiger partial charge >= 0.3 is 0 Å². The molecule has 1 saturated carbocycles. The summed E-state index contributed by atoms with van der Waals surface area (Å²) in [7, 11) is 1.62. The fourth-order valence-electron chi connectivity index (χ4n) is 4.01. The molecule has 2 aromatic carbocycles. The zero-order chi connectivity index (χ0) is 23.6. The van der Waals surface area contributed by atoms with Crippen LogP contribution in [0.4, 0.5) is 0 Å². The lowest BCUT2D eigenvalue weighted by Crippen LogP contribution is -2.49. The minimum atomic E-state index is -0.586. The van der Waals surface area contributed by atoms with Crippen LogP contribution in [0.15, 0.2) is 48.5 Å². The first-order valence-electron chi connectivity index (χ1n) is 11.6. The Morgan fingerprint density at radius 3 is 2.42 bits per heavy atom. The molecule has 0 radical (unpaired) electrons. The summed E-state index contributed by atoms with van der Waals surface area (Å²) < 4.78 is 10.9. The number of hydrogen-bond acceptors (Lipinski definition) is 4. The molecule has 3 rings (SSSR count). The molecule has 0 saturated heterocycles. The maximum absolute atomic E-state index is 13.2. The van der Waals surface area contributed by atoms with Crippen molar-refractivity contribution in [2.24, 2.45) is 0 Å². The number of rotatable bonds is 11. The molecule has 1 aliphatic rings. The Hall–Kier alpha value is -2.73. The van der Waals surface area contributed by atoms with Crippen LogP contribution in [0, 0.1) is 0 Å². The molecule has 1 N–H and O–H groups in total. The van der Waals surface area contributed by atoms with Crippen molar-refractivity contribution in [1.29, 1.82) is 0 Å². The average Bonchev–Trinajstić information content (AvgIpc) is 3.34. The number of hydrogen-bond donors (Lipinski definition) is 1. The molecule has 2 amide bonds. The zero-order valence-electron chi connectivity index (χ0n) is 19.4. The highest BCUT2D eigenvalue weighted by Gasteiger charge is 2.28. The number of amides is 2. The number of methoxy groups -OCH3 is 1. The van der Waals surface area contributed by atoms with Gasteiger partial charge in [-0.1, -0.05) is 42.6 Å². The SMILES string of the molecule is COc1ccc(OCCCC(=O)N(Cc2ccccc2Cl)C(C)C(=O)NC2CCCC2)cc1. The number of halogens is 1. The highest BCUT2D eigenvalue weighted by molar-refractivity contribution is 6.31. The van der Waals surface area contributed by atoms with Crippen molar-refractivity contribution < 1.29 is 19.1 Å². The summed E-state index contributed by atoms with van der Waals surface area (Å²) in [5.74, 6) is 1.28. The van der Waals surface area contributed by atoms with Gasteiger partial charge in [0.1, 0.15) is 17.5 Å². The summed E-state index contributed by atoms with van der Waals surface area (Å²) in [4.78, 5) is 27.7. The van der Waals surface area contributed by atoms with Gasteiger partial charge in [0, 0.05) is 24.0 Å². The molecule has 0 aliphatic heterocycles. The third-order valence-corrected chi connectivity index (χ3v) is 6.40. The lowest BCUT2D eigenvalue weighted by Gasteiger charge is -2.30. The summed E-state index contributed by atoms with van der Waals surface area (Å²) in [5.41, 5.74) is 0.822. The summed E-state index contributed by atoms with van der Waals surface area (Å²) in [6, 6.07) is 14.4. The highest BCUT2D eigenvalue weighted by Crippen LogP contribution is 2.22. The normalized spacial score (nSPS) is 14.5. The first kappa shape index (κ1) is 24.9. The lowest BCUT2D eigenvalue weighted by molar-refractivity contribution is -0.141. The van der Waals surface area contributed by atoms with Gasteiger partial charge in [0.25, 0.3) is 0 Å². The highest BCUT2D eigenvalue weighted by atomic mass is 35.5. The molecule has 0 spiro atoms. The minimum Gasteiger partial charge on any atom is -0.497 e. The van der Waals surface area contributed by atoms with Crippen LogP contribution in [0.25, 0.3) is 0 Å². The molecule has 1 unspecified atom stereocenters. The molecule has 2 aromatic rings. The van der Waals surface area contributed by atoms with Crippen molar-refractivity contribution in [1.82, 2.24) is 10.2 Å². The Bertz CT molecular complexity index is 913. The van der Waals surface area contributed by atoms with Crippen LogP contribution in [0.2, 0.25) is 5.02 Å². The molecular weight excluding hydrogens is 440 g/mol. The van der Waals surface area contributed by atoms with Crippen molar-refractivity contribution in [2.75, 3.05) is 13.7 Å². The molecule has 6 nitrogen and oxygen atoms in total. The van der Waals surface area contributed by atoms with E-state index in [1.807, 2.05) is 42.5 Å². The Balaban J connectivity index is 1.59. The van der Waals surface area contributed by atoms with Gasteiger partial charge in [-0.05, 0) is 62.1 Å². The fraction of sp³-hybridized carbons (Fsp3) is 0.462. The zero-order valence-corrected chi connectivity index (χ0v) is 20.1. The molecule has 0 bridgehead atoms. The van der Waals surface area contributed by atoms with E-state index in [0.717, 1.165) is 42.7 Å². The monoisotopic (exact) mass is 472 g/mol. The Kier molecular flexibility index (Phi) is 9.43. The topological polar surface area (TPSA) is 67.9 Å². The van der Waals surface area contributed by atoms with Gasteiger partial charge < -0.3 is 19.7 Å². The van der Waals surface area contributed by atoms with E-state index in [1.54, 1.807) is 25.0 Å². The van der Waals surface area contributed by atoms with Gasteiger partial charge in [0.15, 0.2) is 0 Å². The molecule has 0 aromatic heterocycles. The van der Waals surface area contributed by atoms with E-state index in [0.29, 0.717) is 18.1 Å². The second-order valence-corrected chi connectivity index (χ2v) is 8.81. The van der Waals surface area contributed by atoms with Crippen LogP contribution < -0.4 is 14.8 Å². The fourth-order valence-corrected chi connectivity index (χ4v) is 4.21. The Morgan fingerprint density at radius 1 is 1.09 bits per heavy atom. The molecule has 1 aliphatic carbocycles. The number of nitrogens with zero attached hydrogens (tertiary/aromatic N) is 1. The van der Waals surface area contributed by atoms with Crippen molar-refractivity contribution in [3.05, 3.63) is 59.1 Å². The molecule has 0 heterocycles. The van der Waals surface area contributed by atoms with E-state index in [2.05, 4.69) is 5.32 Å². The first-order chi connectivity index (χ1) is 16.0. The molecule has 178 valence electrons. The van der Waals surface area contributed by atoms with E-state index in [9.17, 15) is 9.59 Å². The quantitative estimate of drug-likeness (QED) is 0.468. The van der Waals surface area contributed by atoms with E-state index < -0.39 is 6.04 Å². The van der Waals surface area contributed by atoms with E-state index >= 15 is 0 Å². The van der Waals surface area contributed by atoms with Crippen molar-refractivity contribution in [3.8, 4) is 11.5 Å². The number of carbonyl (C=O) groups excluding carboxylic acids is 2. The van der Waals surface area contributed by atoms with Gasteiger partial charge in [-0.2, -0.15) is 0 Å². The van der Waals surface area contributed by atoms with E-state index in [4.69, 9.17) is 21.1 Å². The summed E-state index contributed by atoms with van der Waals surface area (Å²) in [6.45, 7) is 2.48. The predicted molar refractivity (Wildman–Crippen MR) is 130 cm³/mol. The molecule has 1 atom stereocenters. The average molecular weight is 473 g/mol. The van der Waals surface area contributed by atoms with Gasteiger partial charge in [-0.25, -0.2) is 0 Å². The second-order valence-electron chi connectivity index (χ2n) is 8.41. The second kappa shape index (κ2) is 12.5. The Morgan fingerprint density at radius 2 is 1.76 bits per heavy atom. The van der Waals surface area contributed by atoms with Crippen molar-refractivity contribution in [3.63, 3.8) is 0 Å². The number of carbonyl (C=O) groups is 2. The van der Waals surface area contributed by atoms with Gasteiger partial charge in [0.05, 0.1) is 13.7 Å². The smallest absolute Gasteiger partial charge is 0.242 e. The lowest BCUT2D eigenvalue weighted by atomic mass is 10.1. The Labute approximate surface area is 201 Å². The maximum Gasteiger partial charge on any atom is 0.242 e. The van der Waals surface area contributed by atoms with Crippen LogP contribution >= 0.6 is 11.6 Å². The number of ether oxygens (including phenoxy) is 2. The minimum absolute atomic E-state index is 0.0951. The number of nitrogens with one attached hydrogen (secondary N) is 1. The number of benzene rings is 2. The molecule has 33 heavy (non-hydrogen) atoms. The summed E-state index contributed by atoms with van der Waals surface area (Å²) >= 11 is 6.34. The van der Waals surface area contributed by atoms with E-state index in [1.165, 1.54) is 0 Å². The summed E-state index contributed by atoms with van der Waals surface area (Å²) in [5, 5.41) is 3.70. The van der Waals surface area contributed by atoms with E-state index in [-0.39, 0.29) is 30.8 Å². The van der Waals surface area contributed by atoms with Crippen molar-refractivity contribution in [2.45, 2.75) is 64.1 Å². The van der Waals surface area contributed by atoms with Gasteiger partial charge in [-0.3, -0.25) is 9.59 Å². The van der Waals surface area contributed by atoms with Crippen LogP contribution in [-0.4, -0.2) is 42.5 Å². The standard InChI is InChI=1S/C26H33ClN2O4/c1-19(26(31)28-21-9-4-5-10-21)29(18-20-8-3-6-11-24(20)27)25(30)12-7-17-33-23-15-13-22(32-2)14-16-23/h3,6,8,11,13-16,19,21H,4-5,7,9-10,12,17-18H2,1-2H3,(H,28,31). The largest absolute Gasteiger partial charge is 0.497 e. The summed E-state index contributed by atoms with van der Waals surface area (Å²) in [6.07, 6.45) is 5.09. The van der Waals surface area contributed by atoms with Crippen LogP contribution in [-0.2, 0) is 16.1 Å². The van der Waals surface area contributed by atoms with Crippen LogP contribution in [0.3, 0.4) is 0 Å². The molecular formula is C26H33ClN2O4. The predicted octanol–water partition coefficient (Wildman–Crippen LogP) is 4.98. The van der Waals surface area contributed by atoms with Crippen LogP contribution in [0.1, 0.15) is 51.0 Å². The van der Waals surface area contributed by atoms with Crippen molar-refractivity contribution >= 4 is 23.4 Å². The van der Waals surface area contributed by atoms with Crippen LogP contribution in [0.5, 0.6) is 11.5 Å². The third-order valence-electron chi connectivity index (χ3n) is 6.03. The third kappa shape index (κ3) is 7.39. The van der Waals surface area contributed by atoms with Gasteiger partial charge in [-0.15, -0.1) is 0 Å².